The molecule has 1 aliphatic heterocycles. The van der Waals surface area contributed by atoms with E-state index in [1.54, 1.807) is 0 Å². The topological polar surface area (TPSA) is 12.9 Å². The maximum atomic E-state index is 4.68. The molecule has 0 aromatic carbocycles. The van der Waals surface area contributed by atoms with Crippen LogP contribution in [0.3, 0.4) is 0 Å². The molecular weight excluding hydrogens is 190 g/mol. The number of rotatable bonds is 1. The van der Waals surface area contributed by atoms with Crippen molar-refractivity contribution in [1.82, 2.24) is 4.98 Å². The molecule has 2 heteroatoms. The lowest BCUT2D eigenvalue weighted by molar-refractivity contribution is 0.797. The fourth-order valence-electron chi connectivity index (χ4n) is 1.55. The third kappa shape index (κ3) is 1.85. The van der Waals surface area contributed by atoms with Crippen molar-refractivity contribution in [3.05, 3.63) is 35.7 Å². The van der Waals surface area contributed by atoms with Gasteiger partial charge in [-0.3, -0.25) is 4.98 Å². The van der Waals surface area contributed by atoms with Gasteiger partial charge in [0.15, 0.2) is 0 Å². The van der Waals surface area contributed by atoms with Crippen molar-refractivity contribution in [3.63, 3.8) is 0 Å². The third-order valence-corrected chi connectivity index (χ3v) is 3.63. The summed E-state index contributed by atoms with van der Waals surface area (Å²) >= 11 is 1.86. The molecule has 0 aliphatic carbocycles. The normalized spacial score (nSPS) is 15.8. The van der Waals surface area contributed by atoms with Gasteiger partial charge in [0.2, 0.25) is 0 Å². The summed E-state index contributed by atoms with van der Waals surface area (Å²) in [6.07, 6.45) is 0.961. The van der Waals surface area contributed by atoms with Crippen molar-refractivity contribution >= 4 is 11.8 Å². The highest BCUT2D eigenvalue weighted by molar-refractivity contribution is 7.99. The van der Waals surface area contributed by atoms with Gasteiger partial charge < -0.3 is 0 Å². The number of nitrogens with zero attached hydrogens (tertiary/aromatic N) is 1. The second kappa shape index (κ2) is 3.77. The molecule has 0 radical (unpaired) electrons. The molecule has 2 rings (SSSR count). The van der Waals surface area contributed by atoms with Gasteiger partial charge in [-0.1, -0.05) is 26.0 Å². The Hall–Kier alpha value is -0.760. The second-order valence-corrected chi connectivity index (χ2v) is 5.07. The number of fused-ring (bicyclic) bond motifs is 1. The quantitative estimate of drug-likeness (QED) is 0.652. The standard InChI is InChI=1S/C12H15NS/c1-8(2)10-4-5-12-11(13-10)6-9(3)7-14-12/h4-5,8H,3,6-7H2,1-2H3. The molecule has 0 unspecified atom stereocenters. The number of hydrogen-bond donors (Lipinski definition) is 0. The van der Waals surface area contributed by atoms with Crippen molar-refractivity contribution in [1.29, 1.82) is 0 Å². The zero-order valence-electron chi connectivity index (χ0n) is 8.71. The number of aromatic nitrogens is 1. The largest absolute Gasteiger partial charge is 0.256 e. The van der Waals surface area contributed by atoms with Crippen molar-refractivity contribution < 1.29 is 0 Å². The van der Waals surface area contributed by atoms with Crippen molar-refractivity contribution in [2.45, 2.75) is 31.1 Å². The zero-order valence-corrected chi connectivity index (χ0v) is 9.53. The first-order valence-electron chi connectivity index (χ1n) is 4.96. The molecule has 0 amide bonds. The van der Waals surface area contributed by atoms with Crippen molar-refractivity contribution in [2.24, 2.45) is 0 Å². The van der Waals surface area contributed by atoms with Crippen LogP contribution in [-0.2, 0) is 6.42 Å². The molecule has 1 aliphatic rings. The fourth-order valence-corrected chi connectivity index (χ4v) is 2.46. The Kier molecular flexibility index (Phi) is 2.64. The van der Waals surface area contributed by atoms with E-state index in [9.17, 15) is 0 Å². The lowest BCUT2D eigenvalue weighted by atomic mass is 10.1. The molecule has 1 nitrogen and oxygen atoms in total. The van der Waals surface area contributed by atoms with Crippen LogP contribution >= 0.6 is 11.8 Å². The van der Waals surface area contributed by atoms with E-state index in [0.717, 1.165) is 12.2 Å². The predicted molar refractivity (Wildman–Crippen MR) is 61.9 cm³/mol. The molecule has 0 saturated heterocycles. The average Bonchev–Trinajstić information content (AvgIpc) is 2.16. The molecule has 2 heterocycles. The van der Waals surface area contributed by atoms with Crippen molar-refractivity contribution in [2.75, 3.05) is 5.75 Å². The maximum Gasteiger partial charge on any atom is 0.0583 e. The van der Waals surface area contributed by atoms with Gasteiger partial charge in [-0.05, 0) is 18.1 Å². The molecule has 14 heavy (non-hydrogen) atoms. The summed E-state index contributed by atoms with van der Waals surface area (Å²) < 4.78 is 0. The van der Waals surface area contributed by atoms with Crippen LogP contribution in [0.1, 0.15) is 31.2 Å². The van der Waals surface area contributed by atoms with E-state index in [0.29, 0.717) is 5.92 Å². The summed E-state index contributed by atoms with van der Waals surface area (Å²) in [5.74, 6) is 1.57. The first-order chi connectivity index (χ1) is 6.66. The van der Waals surface area contributed by atoms with Crippen molar-refractivity contribution in [3.8, 4) is 0 Å². The molecule has 0 N–H and O–H groups in total. The fraction of sp³-hybridized carbons (Fsp3) is 0.417. The van der Waals surface area contributed by atoms with E-state index in [1.807, 2.05) is 11.8 Å². The summed E-state index contributed by atoms with van der Waals surface area (Å²) in [6, 6.07) is 4.35. The highest BCUT2D eigenvalue weighted by Crippen LogP contribution is 2.31. The molecule has 0 bridgehead atoms. The van der Waals surface area contributed by atoms with E-state index < -0.39 is 0 Å². The lowest BCUT2D eigenvalue weighted by Gasteiger charge is -2.17. The van der Waals surface area contributed by atoms with Gasteiger partial charge in [-0.15, -0.1) is 11.8 Å². The molecule has 1 aromatic heterocycles. The highest BCUT2D eigenvalue weighted by atomic mass is 32.2. The summed E-state index contributed by atoms with van der Waals surface area (Å²) in [5, 5.41) is 0. The number of hydrogen-bond acceptors (Lipinski definition) is 2. The first-order valence-corrected chi connectivity index (χ1v) is 5.94. The molecule has 0 atom stereocenters. The van der Waals surface area contributed by atoms with Crippen LogP contribution in [0.25, 0.3) is 0 Å². The van der Waals surface area contributed by atoms with Gasteiger partial charge in [0.05, 0.1) is 5.69 Å². The second-order valence-electron chi connectivity index (χ2n) is 4.05. The molecule has 0 saturated carbocycles. The van der Waals surface area contributed by atoms with E-state index >= 15 is 0 Å². The van der Waals surface area contributed by atoms with Gasteiger partial charge in [0.25, 0.3) is 0 Å². The SMILES string of the molecule is C=C1CSc2ccc(C(C)C)nc2C1. The van der Waals surface area contributed by atoms with Crippen LogP contribution < -0.4 is 0 Å². The summed E-state index contributed by atoms with van der Waals surface area (Å²) in [5.41, 5.74) is 3.70. The predicted octanol–water partition coefficient (Wildman–Crippen LogP) is 3.41. The summed E-state index contributed by atoms with van der Waals surface area (Å²) in [4.78, 5) is 6.02. The van der Waals surface area contributed by atoms with Crippen LogP contribution in [0.5, 0.6) is 0 Å². The molecule has 0 spiro atoms. The van der Waals surface area contributed by atoms with Gasteiger partial charge >= 0.3 is 0 Å². The Balaban J connectivity index is 2.37. The highest BCUT2D eigenvalue weighted by Gasteiger charge is 2.14. The minimum atomic E-state index is 0.514. The van der Waals surface area contributed by atoms with E-state index in [-0.39, 0.29) is 0 Å². The third-order valence-electron chi connectivity index (χ3n) is 2.39. The van der Waals surface area contributed by atoms with Gasteiger partial charge in [0.1, 0.15) is 0 Å². The Bertz CT molecular complexity index is 369. The van der Waals surface area contributed by atoms with E-state index in [2.05, 4.69) is 37.5 Å². The summed E-state index contributed by atoms with van der Waals surface area (Å²) in [6.45, 7) is 8.39. The Morgan fingerprint density at radius 3 is 2.93 bits per heavy atom. The molecule has 1 aromatic rings. The van der Waals surface area contributed by atoms with E-state index in [1.165, 1.54) is 21.9 Å². The van der Waals surface area contributed by atoms with Gasteiger partial charge in [-0.25, -0.2) is 0 Å². The van der Waals surface area contributed by atoms with Crippen LogP contribution in [0.2, 0.25) is 0 Å². The number of thioether (sulfide) groups is 1. The van der Waals surface area contributed by atoms with Gasteiger partial charge in [-0.2, -0.15) is 0 Å². The average molecular weight is 205 g/mol. The van der Waals surface area contributed by atoms with Crippen LogP contribution in [0.4, 0.5) is 0 Å². The minimum Gasteiger partial charge on any atom is -0.256 e. The van der Waals surface area contributed by atoms with Crippen LogP contribution in [0.15, 0.2) is 29.2 Å². The molecule has 74 valence electrons. The Labute approximate surface area is 89.6 Å². The van der Waals surface area contributed by atoms with Crippen LogP contribution in [-0.4, -0.2) is 10.7 Å². The Morgan fingerprint density at radius 1 is 1.43 bits per heavy atom. The summed E-state index contributed by atoms with van der Waals surface area (Å²) in [7, 11) is 0. The van der Waals surface area contributed by atoms with Crippen LogP contribution in [0, 0.1) is 0 Å². The number of pyridine rings is 1. The molecule has 0 fully saturated rings. The monoisotopic (exact) mass is 205 g/mol. The minimum absolute atomic E-state index is 0.514. The Morgan fingerprint density at radius 2 is 2.21 bits per heavy atom. The maximum absolute atomic E-state index is 4.68. The smallest absolute Gasteiger partial charge is 0.0583 e. The molecular formula is C12H15NS. The van der Waals surface area contributed by atoms with E-state index in [4.69, 9.17) is 0 Å². The zero-order chi connectivity index (χ0) is 10.1. The lowest BCUT2D eigenvalue weighted by Crippen LogP contribution is -2.06. The first kappa shape index (κ1) is 9.78. The van der Waals surface area contributed by atoms with Gasteiger partial charge in [0, 0.05) is 22.8 Å².